The molecule has 0 saturated heterocycles. The molecule has 2 aliphatic carbocycles. The van der Waals surface area contributed by atoms with Crippen LogP contribution >= 0.6 is 0 Å². The van der Waals surface area contributed by atoms with E-state index < -0.39 is 0 Å². The number of anilines is 1. The first-order valence-electron chi connectivity index (χ1n) is 7.93. The first kappa shape index (κ1) is 12.2. The fourth-order valence-corrected chi connectivity index (χ4v) is 3.20. The molecule has 2 saturated carbocycles. The average Bonchev–Trinajstić information content (AvgIpc) is 3.38. The van der Waals surface area contributed by atoms with Gasteiger partial charge in [0.15, 0.2) is 0 Å². The lowest BCUT2D eigenvalue weighted by Crippen LogP contribution is -2.38. The minimum absolute atomic E-state index is 0.0312. The lowest BCUT2D eigenvalue weighted by molar-refractivity contribution is -0.132. The third-order valence-electron chi connectivity index (χ3n) is 4.79. The molecule has 0 spiro atoms. The highest BCUT2D eigenvalue weighted by atomic mass is 16.2. The SMILES string of the molecule is O=C(C1CNc2ccccc21)N(CC1CC1)CC1CC1. The van der Waals surface area contributed by atoms with Crippen LogP contribution in [0, 0.1) is 11.8 Å². The summed E-state index contributed by atoms with van der Waals surface area (Å²) in [7, 11) is 0. The maximum absolute atomic E-state index is 12.9. The van der Waals surface area contributed by atoms with Crippen molar-refractivity contribution in [2.75, 3.05) is 25.0 Å². The standard InChI is InChI=1S/C17H22N2O/c20-17(15-9-18-16-4-2-1-3-14(15)16)19(10-12-5-6-12)11-13-7-8-13/h1-4,12-13,15,18H,5-11H2. The smallest absolute Gasteiger partial charge is 0.232 e. The predicted molar refractivity (Wildman–Crippen MR) is 79.7 cm³/mol. The topological polar surface area (TPSA) is 32.3 Å². The quantitative estimate of drug-likeness (QED) is 0.892. The molecule has 3 aliphatic rings. The van der Waals surface area contributed by atoms with E-state index in [1.807, 2.05) is 12.1 Å². The largest absolute Gasteiger partial charge is 0.384 e. The molecule has 0 bridgehead atoms. The van der Waals surface area contributed by atoms with Gasteiger partial charge in [-0.3, -0.25) is 4.79 Å². The lowest BCUT2D eigenvalue weighted by atomic mass is 9.99. The van der Waals surface area contributed by atoms with Crippen LogP contribution in [-0.4, -0.2) is 30.4 Å². The van der Waals surface area contributed by atoms with Gasteiger partial charge in [-0.2, -0.15) is 0 Å². The highest BCUT2D eigenvalue weighted by Gasteiger charge is 2.36. The number of benzene rings is 1. The second-order valence-corrected chi connectivity index (χ2v) is 6.65. The van der Waals surface area contributed by atoms with E-state index in [2.05, 4.69) is 22.3 Å². The van der Waals surface area contributed by atoms with Crippen LogP contribution in [0.4, 0.5) is 5.69 Å². The van der Waals surface area contributed by atoms with Gasteiger partial charge in [0.2, 0.25) is 5.91 Å². The number of rotatable bonds is 5. The average molecular weight is 270 g/mol. The van der Waals surface area contributed by atoms with Crippen molar-refractivity contribution < 1.29 is 4.79 Å². The molecule has 1 N–H and O–H groups in total. The molecule has 3 nitrogen and oxygen atoms in total. The molecule has 1 aliphatic heterocycles. The second kappa shape index (κ2) is 4.80. The Hall–Kier alpha value is -1.51. The number of amides is 1. The molecule has 1 aromatic carbocycles. The number of para-hydroxylation sites is 1. The van der Waals surface area contributed by atoms with Gasteiger partial charge in [0.1, 0.15) is 0 Å². The molecule has 1 amide bonds. The van der Waals surface area contributed by atoms with Crippen LogP contribution in [0.2, 0.25) is 0 Å². The molecule has 2 fully saturated rings. The number of nitrogens with zero attached hydrogens (tertiary/aromatic N) is 1. The fourth-order valence-electron chi connectivity index (χ4n) is 3.20. The van der Waals surface area contributed by atoms with Crippen molar-refractivity contribution in [2.45, 2.75) is 31.6 Å². The van der Waals surface area contributed by atoms with E-state index in [0.717, 1.165) is 37.2 Å². The Morgan fingerprint density at radius 2 is 1.75 bits per heavy atom. The summed E-state index contributed by atoms with van der Waals surface area (Å²) < 4.78 is 0. The van der Waals surface area contributed by atoms with E-state index >= 15 is 0 Å². The molecule has 0 aromatic heterocycles. The highest BCUT2D eigenvalue weighted by Crippen LogP contribution is 2.37. The Morgan fingerprint density at radius 1 is 1.10 bits per heavy atom. The van der Waals surface area contributed by atoms with E-state index in [0.29, 0.717) is 5.91 Å². The van der Waals surface area contributed by atoms with Crippen LogP contribution in [0.25, 0.3) is 0 Å². The first-order valence-corrected chi connectivity index (χ1v) is 7.93. The Labute approximate surface area is 120 Å². The summed E-state index contributed by atoms with van der Waals surface area (Å²) in [5.41, 5.74) is 2.33. The molecule has 1 aromatic rings. The molecular formula is C17H22N2O. The summed E-state index contributed by atoms with van der Waals surface area (Å²) in [5.74, 6) is 1.94. The monoisotopic (exact) mass is 270 g/mol. The van der Waals surface area contributed by atoms with Gasteiger partial charge in [-0.05, 0) is 49.1 Å². The molecule has 4 rings (SSSR count). The highest BCUT2D eigenvalue weighted by molar-refractivity contribution is 5.88. The number of hydrogen-bond acceptors (Lipinski definition) is 2. The maximum atomic E-state index is 12.9. The first-order chi connectivity index (χ1) is 9.81. The van der Waals surface area contributed by atoms with Gasteiger partial charge in [0.05, 0.1) is 5.92 Å². The summed E-state index contributed by atoms with van der Waals surface area (Å²) >= 11 is 0. The van der Waals surface area contributed by atoms with Gasteiger partial charge >= 0.3 is 0 Å². The predicted octanol–water partition coefficient (Wildman–Crippen LogP) is 2.84. The number of carbonyl (C=O) groups excluding carboxylic acids is 1. The second-order valence-electron chi connectivity index (χ2n) is 6.65. The Bertz CT molecular complexity index is 505. The fraction of sp³-hybridized carbons (Fsp3) is 0.588. The van der Waals surface area contributed by atoms with Crippen LogP contribution in [0.5, 0.6) is 0 Å². The van der Waals surface area contributed by atoms with Gasteiger partial charge < -0.3 is 10.2 Å². The maximum Gasteiger partial charge on any atom is 0.232 e. The normalized spacial score (nSPS) is 24.1. The number of hydrogen-bond donors (Lipinski definition) is 1. The molecule has 1 heterocycles. The van der Waals surface area contributed by atoms with Crippen LogP contribution in [0.3, 0.4) is 0 Å². The molecule has 3 heteroatoms. The van der Waals surface area contributed by atoms with Crippen molar-refractivity contribution in [1.29, 1.82) is 0 Å². The van der Waals surface area contributed by atoms with Crippen molar-refractivity contribution in [3.05, 3.63) is 29.8 Å². The van der Waals surface area contributed by atoms with Crippen molar-refractivity contribution in [3.63, 3.8) is 0 Å². The summed E-state index contributed by atoms with van der Waals surface area (Å²) in [6.07, 6.45) is 5.25. The van der Waals surface area contributed by atoms with Gasteiger partial charge in [-0.15, -0.1) is 0 Å². The Kier molecular flexibility index (Phi) is 2.94. The zero-order valence-electron chi connectivity index (χ0n) is 11.8. The van der Waals surface area contributed by atoms with Gasteiger partial charge in [0.25, 0.3) is 0 Å². The van der Waals surface area contributed by atoms with Crippen molar-refractivity contribution >= 4 is 11.6 Å². The Balaban J connectivity index is 1.51. The summed E-state index contributed by atoms with van der Waals surface area (Å²) in [5, 5.41) is 3.38. The van der Waals surface area contributed by atoms with Crippen LogP contribution in [0.1, 0.15) is 37.2 Å². The summed E-state index contributed by atoms with van der Waals surface area (Å²) in [6.45, 7) is 2.76. The molecule has 1 unspecified atom stereocenters. The van der Waals surface area contributed by atoms with Crippen LogP contribution in [0.15, 0.2) is 24.3 Å². The molecule has 106 valence electrons. The van der Waals surface area contributed by atoms with E-state index in [4.69, 9.17) is 0 Å². The lowest BCUT2D eigenvalue weighted by Gasteiger charge is -2.26. The zero-order chi connectivity index (χ0) is 13.5. The van der Waals surface area contributed by atoms with E-state index in [-0.39, 0.29) is 5.92 Å². The number of nitrogens with one attached hydrogen (secondary N) is 1. The number of fused-ring (bicyclic) bond motifs is 1. The Morgan fingerprint density at radius 3 is 2.40 bits per heavy atom. The van der Waals surface area contributed by atoms with Crippen molar-refractivity contribution in [1.82, 2.24) is 4.90 Å². The minimum Gasteiger partial charge on any atom is -0.384 e. The van der Waals surface area contributed by atoms with E-state index in [9.17, 15) is 4.79 Å². The number of carbonyl (C=O) groups is 1. The van der Waals surface area contributed by atoms with Crippen LogP contribution < -0.4 is 5.32 Å². The van der Waals surface area contributed by atoms with E-state index in [1.165, 1.54) is 31.2 Å². The van der Waals surface area contributed by atoms with Crippen LogP contribution in [-0.2, 0) is 4.79 Å². The minimum atomic E-state index is 0.0312. The molecule has 1 atom stereocenters. The molecular weight excluding hydrogens is 248 g/mol. The third-order valence-corrected chi connectivity index (χ3v) is 4.79. The summed E-state index contributed by atoms with van der Waals surface area (Å²) in [4.78, 5) is 15.1. The molecule has 20 heavy (non-hydrogen) atoms. The van der Waals surface area contributed by atoms with Crippen molar-refractivity contribution in [2.24, 2.45) is 11.8 Å². The molecule has 0 radical (unpaired) electrons. The zero-order valence-corrected chi connectivity index (χ0v) is 11.8. The van der Waals surface area contributed by atoms with Crippen molar-refractivity contribution in [3.8, 4) is 0 Å². The third kappa shape index (κ3) is 2.41. The van der Waals surface area contributed by atoms with Gasteiger partial charge in [0, 0.05) is 25.3 Å². The summed E-state index contributed by atoms with van der Waals surface area (Å²) in [6, 6.07) is 8.25. The van der Waals surface area contributed by atoms with Gasteiger partial charge in [-0.1, -0.05) is 18.2 Å². The van der Waals surface area contributed by atoms with E-state index in [1.54, 1.807) is 0 Å². The van der Waals surface area contributed by atoms with Gasteiger partial charge in [-0.25, -0.2) is 0 Å².